The van der Waals surface area contributed by atoms with E-state index in [4.69, 9.17) is 27.9 Å². The highest BCUT2D eigenvalue weighted by Gasteiger charge is 2.46. The van der Waals surface area contributed by atoms with E-state index >= 15 is 0 Å². The fourth-order valence-electron chi connectivity index (χ4n) is 3.79. The first kappa shape index (κ1) is 22.8. The number of amides is 1. The summed E-state index contributed by atoms with van der Waals surface area (Å²) in [6.45, 7) is 2.37. The van der Waals surface area contributed by atoms with E-state index in [1.54, 1.807) is 66.9 Å². The third kappa shape index (κ3) is 4.58. The zero-order chi connectivity index (χ0) is 23.5. The van der Waals surface area contributed by atoms with E-state index in [2.05, 4.69) is 4.98 Å². The van der Waals surface area contributed by atoms with E-state index < -0.39 is 17.7 Å². The molecule has 2 heterocycles. The Balaban J connectivity index is 1.87. The maximum Gasteiger partial charge on any atom is 0.296 e. The van der Waals surface area contributed by atoms with Crippen LogP contribution in [0.5, 0.6) is 5.75 Å². The molecule has 33 heavy (non-hydrogen) atoms. The number of aromatic nitrogens is 1. The summed E-state index contributed by atoms with van der Waals surface area (Å²) in [5, 5.41) is 11.8. The molecule has 0 aliphatic carbocycles. The predicted molar refractivity (Wildman–Crippen MR) is 126 cm³/mol. The van der Waals surface area contributed by atoms with Crippen LogP contribution in [-0.4, -0.2) is 33.3 Å². The first-order chi connectivity index (χ1) is 15.9. The Labute approximate surface area is 201 Å². The van der Waals surface area contributed by atoms with Crippen molar-refractivity contribution in [3.8, 4) is 5.75 Å². The van der Waals surface area contributed by atoms with Crippen molar-refractivity contribution in [3.05, 3.63) is 99.3 Å². The minimum Gasteiger partial charge on any atom is -0.507 e. The van der Waals surface area contributed by atoms with E-state index in [-0.39, 0.29) is 22.9 Å². The first-order valence-electron chi connectivity index (χ1n) is 10.3. The van der Waals surface area contributed by atoms with Gasteiger partial charge in [-0.15, -0.1) is 0 Å². The molecule has 1 saturated heterocycles. The number of aliphatic hydroxyl groups is 1. The monoisotopic (exact) mass is 482 g/mol. The molecule has 8 heteroatoms. The van der Waals surface area contributed by atoms with Crippen LogP contribution >= 0.6 is 23.2 Å². The van der Waals surface area contributed by atoms with Crippen LogP contribution in [0.25, 0.3) is 5.76 Å². The molecule has 168 valence electrons. The average Bonchev–Trinajstić information content (AvgIpc) is 3.06. The molecule has 1 fully saturated rings. The molecule has 1 unspecified atom stereocenters. The van der Waals surface area contributed by atoms with Crippen molar-refractivity contribution in [1.29, 1.82) is 0 Å². The van der Waals surface area contributed by atoms with Gasteiger partial charge in [-0.1, -0.05) is 47.5 Å². The second-order valence-corrected chi connectivity index (χ2v) is 8.20. The molecule has 1 amide bonds. The van der Waals surface area contributed by atoms with Gasteiger partial charge in [0.2, 0.25) is 0 Å². The number of rotatable bonds is 6. The largest absolute Gasteiger partial charge is 0.507 e. The molecule has 2 aromatic carbocycles. The number of Topliss-reactive ketones (excluding diaryl/α,β-unsaturated/α-hetero) is 1. The molecule has 0 saturated carbocycles. The first-order valence-corrected chi connectivity index (χ1v) is 11.0. The lowest BCUT2D eigenvalue weighted by Gasteiger charge is -2.25. The van der Waals surface area contributed by atoms with Crippen LogP contribution in [0.1, 0.15) is 29.8 Å². The number of nitrogens with zero attached hydrogens (tertiary/aromatic N) is 2. The summed E-state index contributed by atoms with van der Waals surface area (Å²) in [5.41, 5.74) is 1.47. The summed E-state index contributed by atoms with van der Waals surface area (Å²) < 4.78 is 5.51. The van der Waals surface area contributed by atoms with Gasteiger partial charge in [-0.25, -0.2) is 0 Å². The number of hydrogen-bond acceptors (Lipinski definition) is 5. The van der Waals surface area contributed by atoms with Crippen molar-refractivity contribution in [3.63, 3.8) is 0 Å². The van der Waals surface area contributed by atoms with Gasteiger partial charge in [0.1, 0.15) is 11.5 Å². The summed E-state index contributed by atoms with van der Waals surface area (Å²) >= 11 is 12.3. The molecule has 1 aromatic heterocycles. The van der Waals surface area contributed by atoms with Gasteiger partial charge in [-0.05, 0) is 48.9 Å². The number of halogens is 2. The van der Waals surface area contributed by atoms with Gasteiger partial charge in [0.25, 0.3) is 11.7 Å². The van der Waals surface area contributed by atoms with E-state index in [0.717, 1.165) is 0 Å². The van der Waals surface area contributed by atoms with E-state index in [9.17, 15) is 14.7 Å². The topological polar surface area (TPSA) is 79.7 Å². The van der Waals surface area contributed by atoms with Crippen LogP contribution in [0.3, 0.4) is 0 Å². The Morgan fingerprint density at radius 1 is 1.06 bits per heavy atom. The Kier molecular flexibility index (Phi) is 6.67. The summed E-state index contributed by atoms with van der Waals surface area (Å²) in [7, 11) is 0. The Morgan fingerprint density at radius 3 is 2.58 bits per heavy atom. The van der Waals surface area contributed by atoms with Gasteiger partial charge in [0.05, 0.1) is 40.5 Å². The van der Waals surface area contributed by atoms with E-state index in [1.165, 1.54) is 4.90 Å². The Morgan fingerprint density at radius 2 is 1.88 bits per heavy atom. The van der Waals surface area contributed by atoms with Gasteiger partial charge in [-0.3, -0.25) is 14.6 Å². The maximum absolute atomic E-state index is 13.1. The highest BCUT2D eigenvalue weighted by atomic mass is 35.5. The molecule has 0 bridgehead atoms. The summed E-state index contributed by atoms with van der Waals surface area (Å²) in [4.78, 5) is 31.9. The third-order valence-electron chi connectivity index (χ3n) is 5.28. The van der Waals surface area contributed by atoms with Crippen LogP contribution in [0, 0.1) is 0 Å². The number of carbonyl (C=O) groups excluding carboxylic acids is 2. The van der Waals surface area contributed by atoms with Crippen LogP contribution in [0.4, 0.5) is 0 Å². The SMILES string of the molecule is CCOc1cccc(/C(O)=C2/C(=O)C(=O)N(Cc3ccccn3)C2c2ccc(Cl)c(Cl)c2)c1. The van der Waals surface area contributed by atoms with Crippen molar-refractivity contribution < 1.29 is 19.4 Å². The third-order valence-corrected chi connectivity index (χ3v) is 6.02. The summed E-state index contributed by atoms with van der Waals surface area (Å²) in [6.07, 6.45) is 1.61. The van der Waals surface area contributed by atoms with Crippen LogP contribution in [-0.2, 0) is 16.1 Å². The number of carbonyl (C=O) groups is 2. The number of likely N-dealkylation sites (tertiary alicyclic amines) is 1. The molecule has 6 nitrogen and oxygen atoms in total. The normalized spacial score (nSPS) is 17.4. The lowest BCUT2D eigenvalue weighted by Crippen LogP contribution is -2.29. The number of pyridine rings is 1. The Bertz CT molecular complexity index is 1240. The maximum atomic E-state index is 13.1. The lowest BCUT2D eigenvalue weighted by molar-refractivity contribution is -0.140. The van der Waals surface area contributed by atoms with Crippen molar-refractivity contribution in [2.75, 3.05) is 6.61 Å². The minimum atomic E-state index is -0.877. The van der Waals surface area contributed by atoms with Crippen LogP contribution in [0.15, 0.2) is 72.4 Å². The second kappa shape index (κ2) is 9.65. The quantitative estimate of drug-likeness (QED) is 0.288. The molecule has 1 aliphatic heterocycles. The highest BCUT2D eigenvalue weighted by molar-refractivity contribution is 6.46. The molecule has 4 rings (SSSR count). The zero-order valence-corrected chi connectivity index (χ0v) is 19.2. The number of hydrogen-bond donors (Lipinski definition) is 1. The molecule has 0 radical (unpaired) electrons. The van der Waals surface area contributed by atoms with Crippen molar-refractivity contribution in [2.45, 2.75) is 19.5 Å². The fourth-order valence-corrected chi connectivity index (χ4v) is 4.10. The van der Waals surface area contributed by atoms with Crippen molar-refractivity contribution in [1.82, 2.24) is 9.88 Å². The Hall–Kier alpha value is -3.35. The lowest BCUT2D eigenvalue weighted by atomic mass is 9.95. The van der Waals surface area contributed by atoms with Crippen molar-refractivity contribution in [2.24, 2.45) is 0 Å². The molecule has 3 aromatic rings. The molecular formula is C25H20Cl2N2O4. The number of benzene rings is 2. The molecule has 1 aliphatic rings. The van der Waals surface area contributed by atoms with Gasteiger partial charge in [0, 0.05) is 11.8 Å². The standard InChI is InChI=1S/C25H20Cl2N2O4/c1-2-33-18-8-5-6-16(12-18)23(30)21-22(15-9-10-19(26)20(27)13-15)29(25(32)24(21)31)14-17-7-3-4-11-28-17/h3-13,22,30H,2,14H2,1H3/b23-21-. The van der Waals surface area contributed by atoms with Crippen LogP contribution in [0.2, 0.25) is 10.0 Å². The highest BCUT2D eigenvalue weighted by Crippen LogP contribution is 2.41. The van der Waals surface area contributed by atoms with Crippen LogP contribution < -0.4 is 4.74 Å². The molecular weight excluding hydrogens is 463 g/mol. The average molecular weight is 483 g/mol. The number of aliphatic hydroxyl groups excluding tert-OH is 1. The fraction of sp³-hybridized carbons (Fsp3) is 0.160. The predicted octanol–water partition coefficient (Wildman–Crippen LogP) is 5.41. The number of ketones is 1. The van der Waals surface area contributed by atoms with Gasteiger partial charge >= 0.3 is 0 Å². The second-order valence-electron chi connectivity index (χ2n) is 7.38. The van der Waals surface area contributed by atoms with Gasteiger partial charge in [-0.2, -0.15) is 0 Å². The summed E-state index contributed by atoms with van der Waals surface area (Å²) in [6, 6.07) is 16.0. The molecule has 1 atom stereocenters. The van der Waals surface area contributed by atoms with E-state index in [0.29, 0.717) is 34.2 Å². The number of ether oxygens (including phenoxy) is 1. The van der Waals surface area contributed by atoms with Gasteiger partial charge < -0.3 is 14.7 Å². The smallest absolute Gasteiger partial charge is 0.296 e. The minimum absolute atomic E-state index is 0.0389. The summed E-state index contributed by atoms with van der Waals surface area (Å²) in [5.74, 6) is -1.29. The van der Waals surface area contributed by atoms with Crippen molar-refractivity contribution >= 4 is 40.7 Å². The van der Waals surface area contributed by atoms with E-state index in [1.807, 2.05) is 6.92 Å². The molecule has 1 N–H and O–H groups in total. The zero-order valence-electron chi connectivity index (χ0n) is 17.7. The molecule has 0 spiro atoms. The van der Waals surface area contributed by atoms with Gasteiger partial charge in [0.15, 0.2) is 0 Å².